The molecular formula is C24H37ClN2O. The number of nitrogens with zero attached hydrogens (tertiary/aromatic N) is 2. The minimum Gasteiger partial charge on any atom is -0.390 e. The summed E-state index contributed by atoms with van der Waals surface area (Å²) in [6.45, 7) is 5.26. The first kappa shape index (κ1) is 20.5. The number of anilines is 1. The summed E-state index contributed by atoms with van der Waals surface area (Å²) in [6.07, 6.45) is 12.6. The lowest BCUT2D eigenvalue weighted by atomic mass is 9.68. The molecule has 1 aromatic rings. The smallest absolute Gasteiger partial charge is 0.0690 e. The van der Waals surface area contributed by atoms with Gasteiger partial charge in [-0.3, -0.25) is 4.90 Å². The van der Waals surface area contributed by atoms with Crippen molar-refractivity contribution in [2.75, 3.05) is 37.6 Å². The standard InChI is InChI=1S/C24H37ClN2O/c25-22-11-4-5-12-23(22)27-16-14-26(15-17-27)19-21-10-6-7-13-24(21,28)18-20-8-2-1-3-9-20/h4-5,11-12,20-21,28H,1-3,6-10,13-19H2. The lowest BCUT2D eigenvalue weighted by Crippen LogP contribution is -2.52. The number of para-hydroxylation sites is 1. The fourth-order valence-electron chi connectivity index (χ4n) is 5.91. The van der Waals surface area contributed by atoms with Gasteiger partial charge in [0.05, 0.1) is 16.3 Å². The minimum atomic E-state index is -0.417. The monoisotopic (exact) mass is 404 g/mol. The van der Waals surface area contributed by atoms with Gasteiger partial charge in [-0.05, 0) is 37.3 Å². The zero-order valence-corrected chi connectivity index (χ0v) is 18.0. The molecule has 1 aromatic carbocycles. The number of benzene rings is 1. The van der Waals surface area contributed by atoms with E-state index in [1.165, 1.54) is 51.4 Å². The maximum Gasteiger partial charge on any atom is 0.0690 e. The number of piperazine rings is 1. The van der Waals surface area contributed by atoms with Crippen LogP contribution < -0.4 is 4.90 Å². The third-order valence-electron chi connectivity index (χ3n) is 7.58. The highest BCUT2D eigenvalue weighted by Crippen LogP contribution is 2.42. The van der Waals surface area contributed by atoms with Crippen molar-refractivity contribution in [3.63, 3.8) is 0 Å². The number of rotatable bonds is 5. The molecule has 0 amide bonds. The van der Waals surface area contributed by atoms with E-state index in [-0.39, 0.29) is 0 Å². The molecule has 2 atom stereocenters. The molecule has 156 valence electrons. The van der Waals surface area contributed by atoms with Gasteiger partial charge >= 0.3 is 0 Å². The van der Waals surface area contributed by atoms with Crippen molar-refractivity contribution in [2.45, 2.75) is 69.8 Å². The van der Waals surface area contributed by atoms with E-state index in [1.807, 2.05) is 12.1 Å². The molecule has 0 spiro atoms. The molecular weight excluding hydrogens is 368 g/mol. The van der Waals surface area contributed by atoms with Crippen LogP contribution in [-0.4, -0.2) is 48.3 Å². The largest absolute Gasteiger partial charge is 0.390 e. The quantitative estimate of drug-likeness (QED) is 0.716. The van der Waals surface area contributed by atoms with Crippen LogP contribution in [0.2, 0.25) is 5.02 Å². The maximum atomic E-state index is 11.6. The van der Waals surface area contributed by atoms with Crippen molar-refractivity contribution < 1.29 is 5.11 Å². The Hall–Kier alpha value is -0.770. The topological polar surface area (TPSA) is 26.7 Å². The molecule has 4 rings (SSSR count). The Morgan fingerprint density at radius 1 is 0.929 bits per heavy atom. The first-order chi connectivity index (χ1) is 13.6. The summed E-state index contributed by atoms with van der Waals surface area (Å²) in [6, 6.07) is 8.18. The van der Waals surface area contributed by atoms with Crippen molar-refractivity contribution in [1.82, 2.24) is 4.90 Å². The van der Waals surface area contributed by atoms with Crippen LogP contribution in [0.15, 0.2) is 24.3 Å². The molecule has 2 aliphatic carbocycles. The van der Waals surface area contributed by atoms with Gasteiger partial charge in [0.1, 0.15) is 0 Å². The molecule has 1 aliphatic heterocycles. The Balaban J connectivity index is 1.33. The number of aliphatic hydroxyl groups is 1. The fraction of sp³-hybridized carbons (Fsp3) is 0.750. The molecule has 2 saturated carbocycles. The van der Waals surface area contributed by atoms with E-state index in [1.54, 1.807) is 0 Å². The Bertz CT molecular complexity index is 625. The summed E-state index contributed by atoms with van der Waals surface area (Å²) in [4.78, 5) is 5.00. The van der Waals surface area contributed by atoms with Crippen LogP contribution >= 0.6 is 11.6 Å². The molecule has 1 heterocycles. The summed E-state index contributed by atoms with van der Waals surface area (Å²) in [5.74, 6) is 1.21. The SMILES string of the molecule is OC1(CC2CCCCC2)CCCCC1CN1CCN(c2ccccc2Cl)CC1. The van der Waals surface area contributed by atoms with Gasteiger partial charge < -0.3 is 10.0 Å². The van der Waals surface area contributed by atoms with E-state index in [0.29, 0.717) is 5.92 Å². The maximum absolute atomic E-state index is 11.6. The molecule has 0 radical (unpaired) electrons. The third kappa shape index (κ3) is 4.86. The van der Waals surface area contributed by atoms with Crippen LogP contribution in [0.5, 0.6) is 0 Å². The highest BCUT2D eigenvalue weighted by Gasteiger charge is 2.41. The van der Waals surface area contributed by atoms with Crippen molar-refractivity contribution in [3.8, 4) is 0 Å². The van der Waals surface area contributed by atoms with Crippen LogP contribution in [0.25, 0.3) is 0 Å². The van der Waals surface area contributed by atoms with E-state index in [0.717, 1.165) is 62.2 Å². The second kappa shape index (κ2) is 9.36. The van der Waals surface area contributed by atoms with E-state index < -0.39 is 5.60 Å². The molecule has 2 unspecified atom stereocenters. The van der Waals surface area contributed by atoms with Gasteiger partial charge in [-0.2, -0.15) is 0 Å². The molecule has 28 heavy (non-hydrogen) atoms. The molecule has 0 aromatic heterocycles. The van der Waals surface area contributed by atoms with Crippen molar-refractivity contribution >= 4 is 17.3 Å². The summed E-state index contributed by atoms with van der Waals surface area (Å²) in [5, 5.41) is 12.5. The Kier molecular flexibility index (Phi) is 6.85. The molecule has 0 bridgehead atoms. The van der Waals surface area contributed by atoms with Crippen LogP contribution in [0.3, 0.4) is 0 Å². The lowest BCUT2D eigenvalue weighted by molar-refractivity contribution is -0.0789. The molecule has 4 heteroatoms. The number of hydrogen-bond acceptors (Lipinski definition) is 3. The van der Waals surface area contributed by atoms with Crippen molar-refractivity contribution in [2.24, 2.45) is 11.8 Å². The summed E-state index contributed by atoms with van der Waals surface area (Å²) in [5.41, 5.74) is 0.746. The Morgan fingerprint density at radius 3 is 2.39 bits per heavy atom. The highest BCUT2D eigenvalue weighted by molar-refractivity contribution is 6.33. The molecule has 3 fully saturated rings. The second-order valence-electron chi connectivity index (χ2n) is 9.49. The van der Waals surface area contributed by atoms with Gasteiger partial charge in [-0.25, -0.2) is 0 Å². The van der Waals surface area contributed by atoms with E-state index >= 15 is 0 Å². The summed E-state index contributed by atoms with van der Waals surface area (Å²) >= 11 is 6.39. The summed E-state index contributed by atoms with van der Waals surface area (Å²) in [7, 11) is 0. The van der Waals surface area contributed by atoms with Crippen molar-refractivity contribution in [1.29, 1.82) is 0 Å². The third-order valence-corrected chi connectivity index (χ3v) is 7.90. The Labute approximate surface area is 176 Å². The van der Waals surface area contributed by atoms with Crippen LogP contribution in [-0.2, 0) is 0 Å². The average Bonchev–Trinajstić information content (AvgIpc) is 2.72. The Morgan fingerprint density at radius 2 is 1.64 bits per heavy atom. The van der Waals surface area contributed by atoms with Gasteiger partial charge in [0, 0.05) is 38.6 Å². The van der Waals surface area contributed by atoms with Crippen LogP contribution in [0, 0.1) is 11.8 Å². The molecule has 1 saturated heterocycles. The predicted octanol–water partition coefficient (Wildman–Crippen LogP) is 5.35. The normalized spacial score (nSPS) is 30.5. The minimum absolute atomic E-state index is 0.417. The average molecular weight is 405 g/mol. The van der Waals surface area contributed by atoms with Gasteiger partial charge in [0.15, 0.2) is 0 Å². The highest BCUT2D eigenvalue weighted by atomic mass is 35.5. The first-order valence-corrected chi connectivity index (χ1v) is 12.0. The zero-order chi connectivity index (χ0) is 19.4. The van der Waals surface area contributed by atoms with Gasteiger partial charge in [0.25, 0.3) is 0 Å². The molecule has 3 aliphatic rings. The molecule has 3 nitrogen and oxygen atoms in total. The molecule has 1 N–H and O–H groups in total. The van der Waals surface area contributed by atoms with Crippen molar-refractivity contribution in [3.05, 3.63) is 29.3 Å². The number of hydrogen-bond donors (Lipinski definition) is 1. The van der Waals surface area contributed by atoms with E-state index in [9.17, 15) is 5.11 Å². The number of halogens is 1. The lowest BCUT2D eigenvalue weighted by Gasteiger charge is -2.46. The second-order valence-corrected chi connectivity index (χ2v) is 9.90. The zero-order valence-electron chi connectivity index (χ0n) is 17.3. The van der Waals surface area contributed by atoms with Gasteiger partial charge in [-0.1, -0.05) is 68.7 Å². The van der Waals surface area contributed by atoms with Crippen LogP contribution in [0.4, 0.5) is 5.69 Å². The van der Waals surface area contributed by atoms with Gasteiger partial charge in [-0.15, -0.1) is 0 Å². The summed E-state index contributed by atoms with van der Waals surface area (Å²) < 4.78 is 0. The predicted molar refractivity (Wildman–Crippen MR) is 118 cm³/mol. The first-order valence-electron chi connectivity index (χ1n) is 11.6. The fourth-order valence-corrected chi connectivity index (χ4v) is 6.16. The van der Waals surface area contributed by atoms with Crippen LogP contribution in [0.1, 0.15) is 64.2 Å². The van der Waals surface area contributed by atoms with Gasteiger partial charge in [0.2, 0.25) is 0 Å². The van der Waals surface area contributed by atoms with E-state index in [2.05, 4.69) is 21.9 Å². The van der Waals surface area contributed by atoms with E-state index in [4.69, 9.17) is 11.6 Å².